The lowest BCUT2D eigenvalue weighted by Crippen LogP contribution is -2.02. The van der Waals surface area contributed by atoms with Gasteiger partial charge in [-0.1, -0.05) is 15.9 Å². The normalized spacial score (nSPS) is 10.1. The number of methoxy groups -OCH3 is 1. The lowest BCUT2D eigenvalue weighted by atomic mass is 10.1. The fourth-order valence-corrected chi connectivity index (χ4v) is 1.73. The van der Waals surface area contributed by atoms with Gasteiger partial charge in [-0.2, -0.15) is 0 Å². The zero-order valence-corrected chi connectivity index (χ0v) is 10.3. The number of halogens is 1. The average Bonchev–Trinajstić information content (AvgIpc) is 2.24. The van der Waals surface area contributed by atoms with E-state index in [-0.39, 0.29) is 5.97 Å². The van der Waals surface area contributed by atoms with Crippen LogP contribution < -0.4 is 0 Å². The number of ether oxygens (including phenoxy) is 2. The maximum absolute atomic E-state index is 11.3. The number of carbonyl (C=O) groups is 1. The van der Waals surface area contributed by atoms with Crippen LogP contribution in [0, 0.1) is 0 Å². The summed E-state index contributed by atoms with van der Waals surface area (Å²) in [5.41, 5.74) is 1.48. The zero-order valence-electron chi connectivity index (χ0n) is 8.75. The first-order valence-electron chi connectivity index (χ1n) is 4.63. The molecule has 1 aromatic carbocycles. The number of hydrogen-bond donors (Lipinski definition) is 0. The van der Waals surface area contributed by atoms with Crippen LogP contribution in [0.15, 0.2) is 22.7 Å². The maximum Gasteiger partial charge on any atom is 0.337 e. The summed E-state index contributed by atoms with van der Waals surface area (Å²) in [4.78, 5) is 11.3. The lowest BCUT2D eigenvalue weighted by Gasteiger charge is -2.05. The predicted octanol–water partition coefficient (Wildman–Crippen LogP) is 2.77. The van der Waals surface area contributed by atoms with Crippen molar-refractivity contribution in [1.29, 1.82) is 0 Å². The van der Waals surface area contributed by atoms with Crippen molar-refractivity contribution in [2.45, 2.75) is 13.5 Å². The van der Waals surface area contributed by atoms with Crippen LogP contribution in [-0.2, 0) is 16.1 Å². The molecule has 0 unspecified atom stereocenters. The Kier molecular flexibility index (Phi) is 4.78. The molecule has 0 N–H and O–H groups in total. The molecule has 1 rings (SSSR count). The van der Waals surface area contributed by atoms with Crippen molar-refractivity contribution in [2.24, 2.45) is 0 Å². The van der Waals surface area contributed by atoms with E-state index in [0.717, 1.165) is 10.0 Å². The van der Waals surface area contributed by atoms with Gasteiger partial charge in [-0.15, -0.1) is 0 Å². The summed E-state index contributed by atoms with van der Waals surface area (Å²) in [5, 5.41) is 0. The molecule has 4 heteroatoms. The summed E-state index contributed by atoms with van der Waals surface area (Å²) in [6.45, 7) is 3.08. The summed E-state index contributed by atoms with van der Waals surface area (Å²) >= 11 is 3.34. The van der Waals surface area contributed by atoms with Crippen molar-refractivity contribution in [3.8, 4) is 0 Å². The largest absolute Gasteiger partial charge is 0.465 e. The highest BCUT2D eigenvalue weighted by atomic mass is 79.9. The first-order chi connectivity index (χ1) is 7.17. The third-order valence-corrected chi connectivity index (χ3v) is 2.31. The fourth-order valence-electron chi connectivity index (χ4n) is 1.19. The first-order valence-corrected chi connectivity index (χ1v) is 5.42. The number of carbonyl (C=O) groups excluding carboxylic acids is 1. The molecule has 3 nitrogen and oxygen atoms in total. The Morgan fingerprint density at radius 2 is 2.13 bits per heavy atom. The minimum atomic E-state index is -0.339. The molecule has 0 radical (unpaired) electrons. The van der Waals surface area contributed by atoms with E-state index in [1.54, 1.807) is 12.1 Å². The summed E-state index contributed by atoms with van der Waals surface area (Å²) in [7, 11) is 1.37. The molecular formula is C11H13BrO3. The second-order valence-electron chi connectivity index (χ2n) is 2.98. The van der Waals surface area contributed by atoms with Crippen molar-refractivity contribution in [3.63, 3.8) is 0 Å². The van der Waals surface area contributed by atoms with E-state index < -0.39 is 0 Å². The van der Waals surface area contributed by atoms with Crippen molar-refractivity contribution in [2.75, 3.05) is 13.7 Å². The molecule has 0 spiro atoms. The summed E-state index contributed by atoms with van der Waals surface area (Å²) in [5.74, 6) is -0.339. The van der Waals surface area contributed by atoms with Crippen molar-refractivity contribution in [1.82, 2.24) is 0 Å². The SMILES string of the molecule is CCOCc1cc(Br)cc(C(=O)OC)c1. The molecule has 0 fully saturated rings. The topological polar surface area (TPSA) is 35.5 Å². The molecule has 0 aliphatic carbocycles. The van der Waals surface area contributed by atoms with Crippen LogP contribution in [0.1, 0.15) is 22.8 Å². The number of benzene rings is 1. The smallest absolute Gasteiger partial charge is 0.337 e. The van der Waals surface area contributed by atoms with Crippen LogP contribution in [0.3, 0.4) is 0 Å². The minimum absolute atomic E-state index is 0.339. The summed E-state index contributed by atoms with van der Waals surface area (Å²) in [6.07, 6.45) is 0. The fraction of sp³-hybridized carbons (Fsp3) is 0.364. The Labute approximate surface area is 97.5 Å². The van der Waals surface area contributed by atoms with Crippen molar-refractivity contribution < 1.29 is 14.3 Å². The molecule has 15 heavy (non-hydrogen) atoms. The monoisotopic (exact) mass is 272 g/mol. The van der Waals surface area contributed by atoms with Crippen LogP contribution >= 0.6 is 15.9 Å². The van der Waals surface area contributed by atoms with Gasteiger partial charge in [0, 0.05) is 11.1 Å². The Bertz CT molecular complexity index is 350. The Morgan fingerprint density at radius 3 is 2.73 bits per heavy atom. The number of esters is 1. The molecule has 1 aromatic rings. The molecule has 0 atom stereocenters. The van der Waals surface area contributed by atoms with Crippen LogP contribution in [0.5, 0.6) is 0 Å². The molecule has 0 saturated heterocycles. The second-order valence-corrected chi connectivity index (χ2v) is 3.89. The van der Waals surface area contributed by atoms with E-state index in [4.69, 9.17) is 4.74 Å². The van der Waals surface area contributed by atoms with Crippen molar-refractivity contribution in [3.05, 3.63) is 33.8 Å². The van der Waals surface area contributed by atoms with Gasteiger partial charge in [0.25, 0.3) is 0 Å². The molecule has 0 aliphatic rings. The summed E-state index contributed by atoms with van der Waals surface area (Å²) < 4.78 is 10.8. The quantitative estimate of drug-likeness (QED) is 0.791. The number of rotatable bonds is 4. The molecule has 0 saturated carbocycles. The van der Waals surface area contributed by atoms with Crippen LogP contribution in [-0.4, -0.2) is 19.7 Å². The maximum atomic E-state index is 11.3. The van der Waals surface area contributed by atoms with Gasteiger partial charge in [-0.25, -0.2) is 4.79 Å². The van der Waals surface area contributed by atoms with Gasteiger partial charge < -0.3 is 9.47 Å². The Hall–Kier alpha value is -0.870. The Morgan fingerprint density at radius 1 is 1.40 bits per heavy atom. The molecule has 0 amide bonds. The average molecular weight is 273 g/mol. The van der Waals surface area contributed by atoms with E-state index in [2.05, 4.69) is 20.7 Å². The number of hydrogen-bond acceptors (Lipinski definition) is 3. The van der Waals surface area contributed by atoms with E-state index in [1.165, 1.54) is 7.11 Å². The van der Waals surface area contributed by atoms with E-state index in [0.29, 0.717) is 18.8 Å². The van der Waals surface area contributed by atoms with Crippen LogP contribution in [0.2, 0.25) is 0 Å². The molecule has 0 heterocycles. The minimum Gasteiger partial charge on any atom is -0.465 e. The third kappa shape index (κ3) is 3.64. The predicted molar refractivity (Wildman–Crippen MR) is 60.8 cm³/mol. The first kappa shape index (κ1) is 12.2. The van der Waals surface area contributed by atoms with Gasteiger partial charge >= 0.3 is 5.97 Å². The molecule has 0 aliphatic heterocycles. The standard InChI is InChI=1S/C11H13BrO3/c1-3-15-7-8-4-9(11(13)14-2)6-10(12)5-8/h4-6H,3,7H2,1-2H3. The Balaban J connectivity index is 2.89. The van der Waals surface area contributed by atoms with E-state index in [1.807, 2.05) is 13.0 Å². The highest BCUT2D eigenvalue weighted by Gasteiger charge is 2.07. The van der Waals surface area contributed by atoms with Crippen LogP contribution in [0.4, 0.5) is 0 Å². The summed E-state index contributed by atoms with van der Waals surface area (Å²) in [6, 6.07) is 5.41. The van der Waals surface area contributed by atoms with Crippen LogP contribution in [0.25, 0.3) is 0 Å². The molecule has 82 valence electrons. The van der Waals surface area contributed by atoms with Gasteiger partial charge in [-0.3, -0.25) is 0 Å². The van der Waals surface area contributed by atoms with Gasteiger partial charge in [0.1, 0.15) is 0 Å². The van der Waals surface area contributed by atoms with E-state index >= 15 is 0 Å². The van der Waals surface area contributed by atoms with Gasteiger partial charge in [0.2, 0.25) is 0 Å². The highest BCUT2D eigenvalue weighted by molar-refractivity contribution is 9.10. The van der Waals surface area contributed by atoms with E-state index in [9.17, 15) is 4.79 Å². The van der Waals surface area contributed by atoms with Gasteiger partial charge in [0.05, 0.1) is 19.3 Å². The highest BCUT2D eigenvalue weighted by Crippen LogP contribution is 2.17. The third-order valence-electron chi connectivity index (χ3n) is 1.85. The second kappa shape index (κ2) is 5.88. The lowest BCUT2D eigenvalue weighted by molar-refractivity contribution is 0.0600. The van der Waals surface area contributed by atoms with Crippen molar-refractivity contribution >= 4 is 21.9 Å². The molecule has 0 aromatic heterocycles. The van der Waals surface area contributed by atoms with Gasteiger partial charge in [-0.05, 0) is 30.7 Å². The zero-order chi connectivity index (χ0) is 11.3. The molecule has 0 bridgehead atoms. The molecular weight excluding hydrogens is 260 g/mol. The van der Waals surface area contributed by atoms with Gasteiger partial charge in [0.15, 0.2) is 0 Å².